The molecule has 254 valence electrons. The van der Waals surface area contributed by atoms with E-state index < -0.39 is 81.5 Å². The number of aromatic nitrogens is 8. The monoisotopic (exact) mass is 696 g/mol. The minimum atomic E-state index is -4.97. The number of H-pyrrole nitrogens is 1. The lowest BCUT2D eigenvalue weighted by Gasteiger charge is -2.34. The topological polar surface area (TPSA) is 291 Å². The number of nitrogens with one attached hydrogen (secondary N) is 1. The molecule has 0 amide bonds. The van der Waals surface area contributed by atoms with Crippen molar-refractivity contribution in [2.24, 2.45) is 16.7 Å². The number of phosphoric acid groups is 1. The Morgan fingerprint density at radius 1 is 1.09 bits per heavy atom. The number of nitrogens with two attached hydrogens (primary N) is 2. The second kappa shape index (κ2) is 11.1. The largest absolute Gasteiger partial charge is 0.472 e. The summed E-state index contributed by atoms with van der Waals surface area (Å²) in [7, 11) is -8.33. The zero-order chi connectivity index (χ0) is 33.6. The van der Waals surface area contributed by atoms with Gasteiger partial charge in [0.05, 0.1) is 44.1 Å². The van der Waals surface area contributed by atoms with E-state index in [1.165, 1.54) is 23.5 Å². The second-order valence-corrected chi connectivity index (χ2v) is 15.3. The van der Waals surface area contributed by atoms with Gasteiger partial charge in [0.25, 0.3) is 5.56 Å². The van der Waals surface area contributed by atoms with Gasteiger partial charge >= 0.3 is 16.1 Å². The molecule has 1 aliphatic heterocycles. The van der Waals surface area contributed by atoms with Gasteiger partial charge in [-0.2, -0.15) is 4.98 Å². The van der Waals surface area contributed by atoms with Crippen molar-refractivity contribution in [1.82, 2.24) is 39.0 Å². The van der Waals surface area contributed by atoms with Crippen LogP contribution in [-0.2, 0) is 27.2 Å². The van der Waals surface area contributed by atoms with Crippen molar-refractivity contribution in [2.45, 2.75) is 63.7 Å². The van der Waals surface area contributed by atoms with Crippen LogP contribution in [0.25, 0.3) is 22.3 Å². The van der Waals surface area contributed by atoms with Crippen LogP contribution in [0.5, 0.6) is 0 Å². The van der Waals surface area contributed by atoms with Gasteiger partial charge in [-0.1, -0.05) is 20.8 Å². The Balaban J connectivity index is 1.25. The van der Waals surface area contributed by atoms with E-state index in [0.717, 1.165) is 0 Å². The Labute approximate surface area is 266 Å². The zero-order valence-corrected chi connectivity index (χ0v) is 27.2. The van der Waals surface area contributed by atoms with Crippen molar-refractivity contribution in [2.75, 3.05) is 24.7 Å². The number of aliphatic hydroxyl groups is 2. The molecule has 2 saturated carbocycles. The first-order valence-corrected chi connectivity index (χ1v) is 17.4. The summed E-state index contributed by atoms with van der Waals surface area (Å²) in [5.74, 6) is -0.679. The number of fused-ring (bicyclic) bond motifs is 5. The maximum atomic E-state index is 13.6. The molecule has 3 fully saturated rings. The van der Waals surface area contributed by atoms with Gasteiger partial charge in [-0.05, 0) is 12.3 Å². The molecule has 2 bridgehead atoms. The highest BCUT2D eigenvalue weighted by Gasteiger charge is 2.60. The molecule has 2 aliphatic carbocycles. The van der Waals surface area contributed by atoms with Gasteiger partial charge in [0.2, 0.25) is 5.95 Å². The highest BCUT2D eigenvalue weighted by atomic mass is 31.2. The van der Waals surface area contributed by atoms with Crippen molar-refractivity contribution < 1.29 is 42.3 Å². The maximum Gasteiger partial charge on any atom is 0.472 e. The van der Waals surface area contributed by atoms with Crippen LogP contribution in [0.3, 0.4) is 0 Å². The van der Waals surface area contributed by atoms with Gasteiger partial charge < -0.3 is 44.8 Å². The fourth-order valence-corrected chi connectivity index (χ4v) is 9.42. The first-order chi connectivity index (χ1) is 22.1. The molecule has 0 spiro atoms. The third kappa shape index (κ3) is 5.10. The molecule has 3 aliphatic rings. The van der Waals surface area contributed by atoms with Gasteiger partial charge in [-0.3, -0.25) is 23.4 Å². The van der Waals surface area contributed by atoms with Gasteiger partial charge in [0, 0.05) is 10.8 Å². The fraction of sp³-hybridized carbons (Fsp3) is 0.600. The number of aliphatic hydroxyl groups excluding tert-OH is 2. The smallest absolute Gasteiger partial charge is 0.390 e. The highest BCUT2D eigenvalue weighted by Crippen LogP contribution is 2.59. The molecule has 1 saturated heterocycles. The van der Waals surface area contributed by atoms with Crippen molar-refractivity contribution in [3.63, 3.8) is 0 Å². The van der Waals surface area contributed by atoms with E-state index in [-0.39, 0.29) is 36.0 Å². The van der Waals surface area contributed by atoms with Crippen molar-refractivity contribution in [3.8, 4) is 0 Å². The Morgan fingerprint density at radius 3 is 2.57 bits per heavy atom. The highest BCUT2D eigenvalue weighted by molar-refractivity contribution is 7.47. The Bertz CT molecular complexity index is 2010. The predicted octanol–water partition coefficient (Wildman–Crippen LogP) is 0.301. The van der Waals surface area contributed by atoms with E-state index >= 15 is 0 Å². The van der Waals surface area contributed by atoms with Crippen molar-refractivity contribution in [1.29, 1.82) is 0 Å². The summed E-state index contributed by atoms with van der Waals surface area (Å²) in [6.07, 6.45) is -1.35. The third-order valence-electron chi connectivity index (χ3n) is 10.00. The molecular formula is C25H34N10O10P2. The summed E-state index contributed by atoms with van der Waals surface area (Å²) in [4.78, 5) is 46.7. The van der Waals surface area contributed by atoms with E-state index in [1.807, 2.05) is 0 Å². The average molecular weight is 697 g/mol. The van der Waals surface area contributed by atoms with E-state index in [0.29, 0.717) is 11.2 Å². The number of nitrogen functional groups attached to an aromatic ring is 2. The summed E-state index contributed by atoms with van der Waals surface area (Å²) in [6.45, 7) is 4.15. The second-order valence-electron chi connectivity index (χ2n) is 12.9. The van der Waals surface area contributed by atoms with Crippen LogP contribution < -0.4 is 17.0 Å². The number of rotatable bonds is 2. The number of phosphoric ester groups is 1. The Morgan fingerprint density at radius 2 is 1.81 bits per heavy atom. The lowest BCUT2D eigenvalue weighted by molar-refractivity contribution is -0.0441. The number of aromatic amines is 1. The predicted molar refractivity (Wildman–Crippen MR) is 163 cm³/mol. The lowest BCUT2D eigenvalue weighted by Crippen LogP contribution is -2.40. The third-order valence-corrected chi connectivity index (χ3v) is 11.8. The molecule has 0 aromatic carbocycles. The first-order valence-electron chi connectivity index (χ1n) is 14.6. The molecule has 5 heterocycles. The molecule has 22 heteroatoms. The van der Waals surface area contributed by atoms with Crippen LogP contribution in [-0.4, -0.2) is 91.8 Å². The van der Waals surface area contributed by atoms with Crippen molar-refractivity contribution in [3.05, 3.63) is 29.3 Å². The Kier molecular flexibility index (Phi) is 7.62. The fourth-order valence-electron chi connectivity index (χ4n) is 7.23. The SMILES string of the molecule is C[C@@H]1[C@@H](n2cnc3c(=O)[nH]c(N)nc32)[C@@H]2OP(=O)(O)OC[C@@]3(C)C[C@@H](n4cnc5c(N)ncnc54)[C@H](O)[C@@H]3O[PH](=O)OC[C@]1(C)[C@H]2O. The standard InChI is InChI=1S/C25H34N10O10P2/c1-10-14(35-9-31-13-21(35)32-23(27)33-22(13)38)16-17(37)25(10,3)6-42-46(39)44-18-15(36)11(4-24(18,2)5-43-47(40,41)45-16)34-8-30-12-19(26)28-7-29-20(12)34/h7-11,14-18,36-37,46H,4-6H2,1-3H3,(H,40,41)(H2,26,28,29)(H3,27,32,33,38)/t10-,11-,14-,15+,16+,17+,18+,24-,25+/m1/s1. The van der Waals surface area contributed by atoms with Crippen LogP contribution in [0.2, 0.25) is 0 Å². The molecule has 8 N–H and O–H groups in total. The van der Waals surface area contributed by atoms with Gasteiger partial charge in [0.1, 0.15) is 30.2 Å². The molecule has 0 radical (unpaired) electrons. The minimum Gasteiger partial charge on any atom is -0.390 e. The van der Waals surface area contributed by atoms with Gasteiger partial charge in [0.15, 0.2) is 22.6 Å². The van der Waals surface area contributed by atoms with E-state index in [2.05, 4.69) is 29.9 Å². The molecule has 47 heavy (non-hydrogen) atoms. The number of hydrogen-bond donors (Lipinski definition) is 6. The van der Waals surface area contributed by atoms with E-state index in [4.69, 9.17) is 29.6 Å². The number of hydrogen-bond acceptors (Lipinski definition) is 16. The maximum absolute atomic E-state index is 13.6. The summed E-state index contributed by atoms with van der Waals surface area (Å²) >= 11 is 0. The lowest BCUT2D eigenvalue weighted by atomic mass is 9.79. The quantitative estimate of drug-likeness (QED) is 0.154. The summed E-state index contributed by atoms with van der Waals surface area (Å²) in [6, 6.07) is -1.70. The van der Waals surface area contributed by atoms with Crippen molar-refractivity contribution >= 4 is 50.2 Å². The number of anilines is 2. The van der Waals surface area contributed by atoms with Gasteiger partial charge in [-0.15, -0.1) is 0 Å². The van der Waals surface area contributed by atoms with E-state index in [1.54, 1.807) is 25.3 Å². The van der Waals surface area contributed by atoms with E-state index in [9.17, 15) is 29.0 Å². The van der Waals surface area contributed by atoms with Crippen LogP contribution in [0, 0.1) is 16.7 Å². The van der Waals surface area contributed by atoms with Crippen LogP contribution in [0.15, 0.2) is 23.8 Å². The van der Waals surface area contributed by atoms with Crippen LogP contribution in [0.1, 0.15) is 39.3 Å². The summed E-state index contributed by atoms with van der Waals surface area (Å²) < 4.78 is 53.0. The molecule has 20 nitrogen and oxygen atoms in total. The molecule has 11 atom stereocenters. The minimum absolute atomic E-state index is 0.0473. The zero-order valence-electron chi connectivity index (χ0n) is 25.3. The van der Waals surface area contributed by atoms with Gasteiger partial charge in [-0.25, -0.2) is 24.5 Å². The molecule has 2 unspecified atom stereocenters. The molecule has 7 rings (SSSR count). The average Bonchev–Trinajstić information content (AvgIpc) is 3.73. The number of nitrogens with zero attached hydrogens (tertiary/aromatic N) is 7. The first kappa shape index (κ1) is 32.2. The molecule has 4 aromatic heterocycles. The molecule has 4 aromatic rings. The normalized spacial score (nSPS) is 39.8. The Hall–Kier alpha value is -3.32. The van der Waals surface area contributed by atoms with Crippen LogP contribution >= 0.6 is 16.1 Å². The summed E-state index contributed by atoms with van der Waals surface area (Å²) in [5.41, 5.74) is 9.31. The molecular weight excluding hydrogens is 662 g/mol. The summed E-state index contributed by atoms with van der Waals surface area (Å²) in [5, 5.41) is 23.2. The number of imidazole rings is 2. The van der Waals surface area contributed by atoms with Crippen LogP contribution in [0.4, 0.5) is 11.8 Å².